The minimum absolute atomic E-state index is 0.0161. The molecule has 1 saturated carbocycles. The summed E-state index contributed by atoms with van der Waals surface area (Å²) in [4.78, 5) is 18.7. The van der Waals surface area contributed by atoms with Crippen LogP contribution in [0.2, 0.25) is 0 Å². The highest BCUT2D eigenvalue weighted by atomic mass is 32.1. The lowest BCUT2D eigenvalue weighted by Crippen LogP contribution is -2.53. The quantitative estimate of drug-likeness (QED) is 0.824. The van der Waals surface area contributed by atoms with E-state index in [9.17, 15) is 4.79 Å². The first-order valence-corrected chi connectivity index (χ1v) is 7.46. The van der Waals surface area contributed by atoms with E-state index in [1.54, 1.807) is 7.11 Å². The smallest absolute Gasteiger partial charge is 0.273 e. The molecule has 2 aliphatic rings. The molecule has 0 aromatic carbocycles. The van der Waals surface area contributed by atoms with Crippen LogP contribution in [0.5, 0.6) is 0 Å². The summed E-state index contributed by atoms with van der Waals surface area (Å²) in [6.07, 6.45) is 2.02. The first kappa shape index (κ1) is 13.0. The van der Waals surface area contributed by atoms with Crippen molar-refractivity contribution in [3.63, 3.8) is 0 Å². The van der Waals surface area contributed by atoms with Crippen molar-refractivity contribution >= 4 is 17.2 Å². The Morgan fingerprint density at radius 3 is 3.11 bits per heavy atom. The van der Waals surface area contributed by atoms with Crippen molar-refractivity contribution in [3.05, 3.63) is 16.1 Å². The molecule has 2 heterocycles. The van der Waals surface area contributed by atoms with Gasteiger partial charge in [-0.3, -0.25) is 4.79 Å². The van der Waals surface area contributed by atoms with Crippen LogP contribution < -0.4 is 0 Å². The minimum Gasteiger partial charge on any atom is -0.379 e. The standard InChI is InChI=1S/C13H18N2O3S/c1-8-14-9(7-19-8)13(16)15-5-6-18-12-10(15)3-4-11(12)17-2/h7,10-12H,3-6H2,1-2H3/t10-,11+,12+/m0/s1. The van der Waals surface area contributed by atoms with Crippen LogP contribution in [0.15, 0.2) is 5.38 Å². The van der Waals surface area contributed by atoms with Gasteiger partial charge in [0.15, 0.2) is 0 Å². The van der Waals surface area contributed by atoms with Crippen LogP contribution in [0.4, 0.5) is 0 Å². The lowest BCUT2D eigenvalue weighted by atomic mass is 10.1. The van der Waals surface area contributed by atoms with Crippen LogP contribution in [-0.4, -0.2) is 54.3 Å². The molecule has 5 nitrogen and oxygen atoms in total. The molecular formula is C13H18N2O3S. The number of nitrogens with zero attached hydrogens (tertiary/aromatic N) is 2. The topological polar surface area (TPSA) is 51.7 Å². The van der Waals surface area contributed by atoms with E-state index in [0.717, 1.165) is 17.8 Å². The first-order valence-electron chi connectivity index (χ1n) is 6.58. The maximum absolute atomic E-state index is 12.5. The van der Waals surface area contributed by atoms with Gasteiger partial charge in [0, 0.05) is 19.0 Å². The third kappa shape index (κ3) is 2.28. The molecular weight excluding hydrogens is 264 g/mol. The Morgan fingerprint density at radius 1 is 1.58 bits per heavy atom. The minimum atomic E-state index is 0.0161. The van der Waals surface area contributed by atoms with E-state index in [4.69, 9.17) is 9.47 Å². The van der Waals surface area contributed by atoms with E-state index in [1.807, 2.05) is 17.2 Å². The van der Waals surface area contributed by atoms with Gasteiger partial charge in [-0.25, -0.2) is 4.98 Å². The molecule has 1 aromatic rings. The second kappa shape index (κ2) is 5.19. The number of rotatable bonds is 2. The lowest BCUT2D eigenvalue weighted by molar-refractivity contribution is -0.0947. The van der Waals surface area contributed by atoms with Crippen molar-refractivity contribution in [2.24, 2.45) is 0 Å². The van der Waals surface area contributed by atoms with Crippen LogP contribution >= 0.6 is 11.3 Å². The predicted molar refractivity (Wildman–Crippen MR) is 71.4 cm³/mol. The van der Waals surface area contributed by atoms with Crippen molar-refractivity contribution in [3.8, 4) is 0 Å². The highest BCUT2D eigenvalue weighted by molar-refractivity contribution is 7.09. The third-order valence-electron chi connectivity index (χ3n) is 3.94. The fourth-order valence-electron chi connectivity index (χ4n) is 3.03. The van der Waals surface area contributed by atoms with Crippen molar-refractivity contribution in [1.82, 2.24) is 9.88 Å². The van der Waals surface area contributed by atoms with Gasteiger partial charge in [0.25, 0.3) is 5.91 Å². The Labute approximate surface area is 116 Å². The maximum Gasteiger partial charge on any atom is 0.273 e. The molecule has 3 rings (SSSR count). The Balaban J connectivity index is 1.79. The molecule has 0 N–H and O–H groups in total. The summed E-state index contributed by atoms with van der Waals surface area (Å²) in [6, 6.07) is 0.133. The number of fused-ring (bicyclic) bond motifs is 1. The van der Waals surface area contributed by atoms with Gasteiger partial charge in [0.05, 0.1) is 23.8 Å². The molecule has 0 spiro atoms. The number of methoxy groups -OCH3 is 1. The number of aryl methyl sites for hydroxylation is 1. The summed E-state index contributed by atoms with van der Waals surface area (Å²) in [5.74, 6) is 0.0272. The third-order valence-corrected chi connectivity index (χ3v) is 4.71. The maximum atomic E-state index is 12.5. The number of hydrogen-bond donors (Lipinski definition) is 0. The molecule has 0 bridgehead atoms. The zero-order valence-electron chi connectivity index (χ0n) is 11.2. The average molecular weight is 282 g/mol. The van der Waals surface area contributed by atoms with Crippen LogP contribution in [0.1, 0.15) is 28.3 Å². The number of ether oxygens (including phenoxy) is 2. The van der Waals surface area contributed by atoms with Crippen LogP contribution in [-0.2, 0) is 9.47 Å². The number of carbonyl (C=O) groups excluding carboxylic acids is 1. The monoisotopic (exact) mass is 282 g/mol. The van der Waals surface area contributed by atoms with Crippen molar-refractivity contribution in [1.29, 1.82) is 0 Å². The Bertz CT molecular complexity index is 476. The highest BCUT2D eigenvalue weighted by Crippen LogP contribution is 2.32. The summed E-state index contributed by atoms with van der Waals surface area (Å²) in [7, 11) is 1.71. The summed E-state index contributed by atoms with van der Waals surface area (Å²) >= 11 is 1.51. The number of aromatic nitrogens is 1. The van der Waals surface area contributed by atoms with Gasteiger partial charge >= 0.3 is 0 Å². The number of thiazole rings is 1. The van der Waals surface area contributed by atoms with E-state index in [1.165, 1.54) is 11.3 Å². The normalized spacial score (nSPS) is 30.4. The summed E-state index contributed by atoms with van der Waals surface area (Å²) in [5, 5.41) is 2.76. The van der Waals surface area contributed by atoms with Crippen LogP contribution in [0.25, 0.3) is 0 Å². The van der Waals surface area contributed by atoms with E-state index in [2.05, 4.69) is 4.98 Å². The molecule has 0 radical (unpaired) electrons. The Morgan fingerprint density at radius 2 is 2.42 bits per heavy atom. The van der Waals surface area contributed by atoms with Gasteiger partial charge in [-0.1, -0.05) is 0 Å². The van der Waals surface area contributed by atoms with Gasteiger partial charge in [-0.15, -0.1) is 11.3 Å². The van der Waals surface area contributed by atoms with Gasteiger partial charge in [0.2, 0.25) is 0 Å². The Kier molecular flexibility index (Phi) is 3.56. The molecule has 1 aliphatic heterocycles. The summed E-state index contributed by atoms with van der Waals surface area (Å²) < 4.78 is 11.2. The molecule has 2 fully saturated rings. The van der Waals surface area contributed by atoms with Crippen LogP contribution in [0, 0.1) is 6.92 Å². The second-order valence-corrected chi connectivity index (χ2v) is 6.07. The number of carbonyl (C=O) groups is 1. The zero-order chi connectivity index (χ0) is 13.4. The van der Waals surface area contributed by atoms with Crippen molar-refractivity contribution in [2.75, 3.05) is 20.3 Å². The first-order chi connectivity index (χ1) is 9.20. The summed E-state index contributed by atoms with van der Waals surface area (Å²) in [5.41, 5.74) is 0.559. The molecule has 6 heteroatoms. The van der Waals surface area contributed by atoms with Crippen molar-refractivity contribution in [2.45, 2.75) is 38.0 Å². The fraction of sp³-hybridized carbons (Fsp3) is 0.692. The van der Waals surface area contributed by atoms with Gasteiger partial charge in [-0.2, -0.15) is 0 Å². The van der Waals surface area contributed by atoms with Gasteiger partial charge in [-0.05, 0) is 19.8 Å². The molecule has 1 amide bonds. The molecule has 0 unspecified atom stereocenters. The van der Waals surface area contributed by atoms with Gasteiger partial charge in [0.1, 0.15) is 11.8 Å². The number of hydrogen-bond acceptors (Lipinski definition) is 5. The predicted octanol–water partition coefficient (Wildman–Crippen LogP) is 1.47. The highest BCUT2D eigenvalue weighted by Gasteiger charge is 2.45. The average Bonchev–Trinajstić information content (AvgIpc) is 3.03. The van der Waals surface area contributed by atoms with E-state index in [0.29, 0.717) is 18.8 Å². The Hall–Kier alpha value is -0.980. The zero-order valence-corrected chi connectivity index (χ0v) is 12.0. The SMILES string of the molecule is CO[C@@H]1CC[C@H]2[C@H]1OCCN2C(=O)c1csc(C)n1. The van der Waals surface area contributed by atoms with E-state index in [-0.39, 0.29) is 24.2 Å². The molecule has 3 atom stereocenters. The molecule has 1 aromatic heterocycles. The van der Waals surface area contributed by atoms with E-state index >= 15 is 0 Å². The number of morpholine rings is 1. The van der Waals surface area contributed by atoms with Crippen molar-refractivity contribution < 1.29 is 14.3 Å². The fourth-order valence-corrected chi connectivity index (χ4v) is 3.62. The van der Waals surface area contributed by atoms with E-state index < -0.39 is 0 Å². The van der Waals surface area contributed by atoms with Crippen LogP contribution in [0.3, 0.4) is 0 Å². The second-order valence-electron chi connectivity index (χ2n) is 5.00. The molecule has 104 valence electrons. The molecule has 1 aliphatic carbocycles. The molecule has 19 heavy (non-hydrogen) atoms. The molecule has 1 saturated heterocycles. The lowest BCUT2D eigenvalue weighted by Gasteiger charge is -2.38. The largest absolute Gasteiger partial charge is 0.379 e. The number of amides is 1. The summed E-state index contributed by atoms with van der Waals surface area (Å²) in [6.45, 7) is 3.14. The van der Waals surface area contributed by atoms with Gasteiger partial charge < -0.3 is 14.4 Å².